The molecule has 43 heavy (non-hydrogen) atoms. The number of hydrogen-bond donors (Lipinski definition) is 2. The third-order valence-electron chi connectivity index (χ3n) is 7.40. The van der Waals surface area contributed by atoms with Gasteiger partial charge in [0, 0.05) is 19.4 Å². The average molecular weight is 591 g/mol. The van der Waals surface area contributed by atoms with Crippen molar-refractivity contribution >= 4 is 23.8 Å². The van der Waals surface area contributed by atoms with Crippen molar-refractivity contribution < 1.29 is 33.8 Å². The van der Waals surface area contributed by atoms with Gasteiger partial charge in [-0.15, -0.1) is 13.2 Å². The van der Waals surface area contributed by atoms with Crippen LogP contribution in [0.25, 0.3) is 0 Å². The summed E-state index contributed by atoms with van der Waals surface area (Å²) in [5.41, 5.74) is 2.84. The third kappa shape index (κ3) is 10.5. The third-order valence-corrected chi connectivity index (χ3v) is 7.40. The highest BCUT2D eigenvalue weighted by molar-refractivity contribution is 5.89. The SMILES string of the molecule is C=CCCCCC(=O)OCC(NC(=O)C(CC=C)CC(=O)N1Cc2ccccc2CC1CO)C(=O)OCc1ccccc1. The zero-order valence-corrected chi connectivity index (χ0v) is 24.6. The van der Waals surface area contributed by atoms with Crippen LogP contribution in [0.3, 0.4) is 0 Å². The second kappa shape index (κ2) is 17.7. The number of fused-ring (bicyclic) bond motifs is 1. The van der Waals surface area contributed by atoms with Crippen LogP contribution in [0.15, 0.2) is 79.9 Å². The lowest BCUT2D eigenvalue weighted by atomic mass is 9.92. The molecule has 0 bridgehead atoms. The number of nitrogens with zero attached hydrogens (tertiary/aromatic N) is 1. The van der Waals surface area contributed by atoms with Crippen molar-refractivity contribution in [2.75, 3.05) is 13.2 Å². The molecule has 0 spiro atoms. The van der Waals surface area contributed by atoms with Gasteiger partial charge < -0.3 is 24.8 Å². The number of rotatable bonds is 17. The number of carbonyl (C=O) groups is 4. The van der Waals surface area contributed by atoms with E-state index in [4.69, 9.17) is 9.47 Å². The molecule has 3 unspecified atom stereocenters. The largest absolute Gasteiger partial charge is 0.463 e. The predicted molar refractivity (Wildman–Crippen MR) is 162 cm³/mol. The zero-order chi connectivity index (χ0) is 31.0. The molecule has 0 saturated carbocycles. The summed E-state index contributed by atoms with van der Waals surface area (Å²) in [5, 5.41) is 12.6. The number of aliphatic hydroxyl groups excluding tert-OH is 1. The van der Waals surface area contributed by atoms with Gasteiger partial charge in [0.15, 0.2) is 6.04 Å². The molecule has 2 amide bonds. The summed E-state index contributed by atoms with van der Waals surface area (Å²) >= 11 is 0. The molecule has 2 aromatic rings. The van der Waals surface area contributed by atoms with Gasteiger partial charge in [0.05, 0.1) is 18.6 Å². The smallest absolute Gasteiger partial charge is 0.332 e. The van der Waals surface area contributed by atoms with E-state index in [1.54, 1.807) is 29.2 Å². The van der Waals surface area contributed by atoms with Crippen molar-refractivity contribution in [3.05, 3.63) is 96.6 Å². The van der Waals surface area contributed by atoms with Gasteiger partial charge in [0.1, 0.15) is 13.2 Å². The van der Waals surface area contributed by atoms with Crippen molar-refractivity contribution in [1.29, 1.82) is 0 Å². The van der Waals surface area contributed by atoms with Crippen LogP contribution in [0.5, 0.6) is 0 Å². The summed E-state index contributed by atoms with van der Waals surface area (Å²) in [6.45, 7) is 7.11. The Bertz CT molecular complexity index is 1250. The molecule has 2 aromatic carbocycles. The van der Waals surface area contributed by atoms with E-state index < -0.39 is 42.5 Å². The lowest BCUT2D eigenvalue weighted by Crippen LogP contribution is -2.50. The molecule has 0 aromatic heterocycles. The summed E-state index contributed by atoms with van der Waals surface area (Å²) in [4.78, 5) is 53.8. The number of unbranched alkanes of at least 4 members (excludes halogenated alkanes) is 2. The maximum Gasteiger partial charge on any atom is 0.332 e. The highest BCUT2D eigenvalue weighted by atomic mass is 16.6. The summed E-state index contributed by atoms with van der Waals surface area (Å²) in [5.74, 6) is -2.93. The molecule has 9 heteroatoms. The number of ether oxygens (including phenoxy) is 2. The quantitative estimate of drug-likeness (QED) is 0.162. The van der Waals surface area contributed by atoms with Crippen LogP contribution < -0.4 is 5.32 Å². The minimum atomic E-state index is -1.26. The average Bonchev–Trinajstić information content (AvgIpc) is 3.03. The van der Waals surface area contributed by atoms with Gasteiger partial charge in [-0.1, -0.05) is 66.7 Å². The van der Waals surface area contributed by atoms with Crippen LogP contribution in [-0.2, 0) is 48.2 Å². The molecule has 230 valence electrons. The van der Waals surface area contributed by atoms with Crippen LogP contribution in [0.2, 0.25) is 0 Å². The fraction of sp³-hybridized carbons (Fsp3) is 0.412. The van der Waals surface area contributed by atoms with Crippen LogP contribution in [0.4, 0.5) is 0 Å². The van der Waals surface area contributed by atoms with Crippen LogP contribution in [0, 0.1) is 5.92 Å². The molecule has 0 saturated heterocycles. The van der Waals surface area contributed by atoms with Crippen molar-refractivity contribution in [3.8, 4) is 0 Å². The minimum Gasteiger partial charge on any atom is -0.463 e. The van der Waals surface area contributed by atoms with E-state index in [0.717, 1.165) is 29.5 Å². The molecule has 3 rings (SSSR count). The van der Waals surface area contributed by atoms with E-state index >= 15 is 0 Å². The van der Waals surface area contributed by atoms with E-state index in [2.05, 4.69) is 18.5 Å². The molecule has 2 N–H and O–H groups in total. The number of allylic oxidation sites excluding steroid dienone is 2. The van der Waals surface area contributed by atoms with Gasteiger partial charge in [-0.3, -0.25) is 14.4 Å². The van der Waals surface area contributed by atoms with Gasteiger partial charge in [0.2, 0.25) is 11.8 Å². The zero-order valence-electron chi connectivity index (χ0n) is 24.6. The van der Waals surface area contributed by atoms with E-state index in [9.17, 15) is 24.3 Å². The second-order valence-corrected chi connectivity index (χ2v) is 10.6. The highest BCUT2D eigenvalue weighted by Crippen LogP contribution is 2.25. The van der Waals surface area contributed by atoms with Crippen LogP contribution >= 0.6 is 0 Å². The topological polar surface area (TPSA) is 122 Å². The van der Waals surface area contributed by atoms with Crippen LogP contribution in [-0.4, -0.2) is 59.1 Å². The number of esters is 2. The second-order valence-electron chi connectivity index (χ2n) is 10.6. The van der Waals surface area contributed by atoms with Crippen molar-refractivity contribution in [3.63, 3.8) is 0 Å². The van der Waals surface area contributed by atoms with E-state index in [-0.39, 0.29) is 38.4 Å². The highest BCUT2D eigenvalue weighted by Gasteiger charge is 2.33. The number of hydrogen-bond acceptors (Lipinski definition) is 7. The molecular formula is C34H42N2O7. The maximum absolute atomic E-state index is 13.4. The first-order valence-electron chi connectivity index (χ1n) is 14.7. The fourth-order valence-electron chi connectivity index (χ4n) is 4.95. The monoisotopic (exact) mass is 590 g/mol. The Hall–Kier alpha value is -4.24. The normalized spacial score (nSPS) is 15.4. The Morgan fingerprint density at radius 1 is 0.977 bits per heavy atom. The standard InChI is InChI=1S/C34H42N2O7/c1-3-5-6-10-18-32(39)42-24-30(34(41)43-23-25-14-8-7-9-15-25)35-33(40)27(13-4-2)20-31(38)36-21-28-17-12-11-16-26(28)19-29(36)22-37/h3-4,7-9,11-12,14-17,27,29-30,37H,1-2,5-6,10,13,18-24H2,(H,35,40). The first-order chi connectivity index (χ1) is 20.9. The fourth-order valence-corrected chi connectivity index (χ4v) is 4.95. The molecule has 1 aliphatic rings. The molecule has 0 aliphatic carbocycles. The molecule has 3 atom stereocenters. The Kier molecular flexibility index (Phi) is 13.7. The van der Waals surface area contributed by atoms with Gasteiger partial charge >= 0.3 is 11.9 Å². The molecule has 0 radical (unpaired) electrons. The number of amides is 2. The van der Waals surface area contributed by atoms with Crippen LogP contribution in [0.1, 0.15) is 55.2 Å². The van der Waals surface area contributed by atoms with Gasteiger partial charge in [0.25, 0.3) is 0 Å². The molecule has 0 fully saturated rings. The summed E-state index contributed by atoms with van der Waals surface area (Å²) in [6.07, 6.45) is 6.22. The van der Waals surface area contributed by atoms with Crippen molar-refractivity contribution in [2.24, 2.45) is 5.92 Å². The van der Waals surface area contributed by atoms with E-state index in [0.29, 0.717) is 19.4 Å². The first kappa shape index (κ1) is 33.3. The Morgan fingerprint density at radius 2 is 1.70 bits per heavy atom. The molecule has 1 aliphatic heterocycles. The lowest BCUT2D eigenvalue weighted by molar-refractivity contribution is -0.155. The molecule has 9 nitrogen and oxygen atoms in total. The summed E-state index contributed by atoms with van der Waals surface area (Å²) in [7, 11) is 0. The van der Waals surface area contributed by atoms with E-state index in [1.807, 2.05) is 42.5 Å². The first-order valence-corrected chi connectivity index (χ1v) is 14.7. The molecule has 1 heterocycles. The number of carbonyl (C=O) groups excluding carboxylic acids is 4. The van der Waals surface area contributed by atoms with Crippen molar-refractivity contribution in [2.45, 2.75) is 70.2 Å². The maximum atomic E-state index is 13.4. The minimum absolute atomic E-state index is 0.0188. The lowest BCUT2D eigenvalue weighted by Gasteiger charge is -2.36. The summed E-state index contributed by atoms with van der Waals surface area (Å²) in [6, 6.07) is 15.2. The van der Waals surface area contributed by atoms with Crippen molar-refractivity contribution in [1.82, 2.24) is 10.2 Å². The van der Waals surface area contributed by atoms with E-state index in [1.165, 1.54) is 0 Å². The van der Waals surface area contributed by atoms with Gasteiger partial charge in [-0.05, 0) is 48.8 Å². The van der Waals surface area contributed by atoms with Gasteiger partial charge in [-0.25, -0.2) is 4.79 Å². The Labute approximate surface area is 253 Å². The number of nitrogens with one attached hydrogen (secondary N) is 1. The van der Waals surface area contributed by atoms with Gasteiger partial charge in [-0.2, -0.15) is 0 Å². The Balaban J connectivity index is 1.67. The molecular weight excluding hydrogens is 548 g/mol. The number of aliphatic hydroxyl groups is 1. The number of benzene rings is 2. The Morgan fingerprint density at radius 3 is 2.40 bits per heavy atom. The summed E-state index contributed by atoms with van der Waals surface area (Å²) < 4.78 is 10.8. The predicted octanol–water partition coefficient (Wildman–Crippen LogP) is 4.03.